The Morgan fingerprint density at radius 3 is 2.75 bits per heavy atom. The van der Waals surface area contributed by atoms with E-state index in [0.29, 0.717) is 6.42 Å². The zero-order valence-corrected chi connectivity index (χ0v) is 13.1. The van der Waals surface area contributed by atoms with E-state index in [4.69, 9.17) is 4.74 Å². The van der Waals surface area contributed by atoms with Crippen LogP contribution in [0.3, 0.4) is 0 Å². The topological polar surface area (TPSA) is 57.0 Å². The van der Waals surface area contributed by atoms with E-state index in [1.54, 1.807) is 4.68 Å². The number of halogens is 1. The van der Waals surface area contributed by atoms with Gasteiger partial charge >= 0.3 is 0 Å². The van der Waals surface area contributed by atoms with E-state index in [9.17, 15) is 9.18 Å². The van der Waals surface area contributed by atoms with E-state index in [1.807, 2.05) is 30.3 Å². The zero-order chi connectivity index (χ0) is 16.3. The number of benzene rings is 1. The molecule has 1 aromatic heterocycles. The molecule has 0 saturated carbocycles. The number of ether oxygens (including phenoxy) is 1. The van der Waals surface area contributed by atoms with Crippen LogP contribution in [0.5, 0.6) is 0 Å². The van der Waals surface area contributed by atoms with Crippen molar-refractivity contribution in [1.82, 2.24) is 14.8 Å². The Hall–Kier alpha value is -2.08. The molecule has 0 amide bonds. The maximum Gasteiger partial charge on any atom is 0.218 e. The molecule has 0 radical (unpaired) electrons. The number of fused-ring (bicyclic) bond motifs is 3. The van der Waals surface area contributed by atoms with Crippen LogP contribution in [-0.2, 0) is 4.74 Å². The van der Waals surface area contributed by atoms with Crippen molar-refractivity contribution in [2.45, 2.75) is 50.1 Å². The lowest BCUT2D eigenvalue weighted by atomic mass is 9.86. The third kappa shape index (κ3) is 2.05. The van der Waals surface area contributed by atoms with Crippen LogP contribution in [0.15, 0.2) is 30.3 Å². The normalized spacial score (nSPS) is 33.8. The fourth-order valence-corrected chi connectivity index (χ4v) is 4.32. The lowest BCUT2D eigenvalue weighted by Crippen LogP contribution is -2.26. The maximum absolute atomic E-state index is 14.4. The van der Waals surface area contributed by atoms with Gasteiger partial charge in [0.2, 0.25) is 11.6 Å². The summed E-state index contributed by atoms with van der Waals surface area (Å²) >= 11 is 0. The molecule has 0 N–H and O–H groups in total. The van der Waals surface area contributed by atoms with Crippen molar-refractivity contribution in [3.8, 4) is 0 Å². The first-order valence-electron chi connectivity index (χ1n) is 8.56. The highest BCUT2D eigenvalue weighted by molar-refractivity contribution is 5.95. The summed E-state index contributed by atoms with van der Waals surface area (Å²) in [5.41, 5.74) is 0.992. The van der Waals surface area contributed by atoms with Gasteiger partial charge in [-0.05, 0) is 24.8 Å². The predicted octanol–water partition coefficient (Wildman–Crippen LogP) is 3.03. The van der Waals surface area contributed by atoms with E-state index in [2.05, 4.69) is 10.1 Å². The Balaban J connectivity index is 1.46. The van der Waals surface area contributed by atoms with Crippen molar-refractivity contribution in [2.24, 2.45) is 5.92 Å². The van der Waals surface area contributed by atoms with Crippen LogP contribution in [-0.4, -0.2) is 32.8 Å². The van der Waals surface area contributed by atoms with Gasteiger partial charge in [-0.25, -0.2) is 14.1 Å². The summed E-state index contributed by atoms with van der Waals surface area (Å²) in [6.45, 7) is 0. The summed E-state index contributed by atoms with van der Waals surface area (Å²) in [4.78, 5) is 17.0. The van der Waals surface area contributed by atoms with E-state index >= 15 is 0 Å². The molecule has 2 fully saturated rings. The Labute approximate surface area is 138 Å². The van der Waals surface area contributed by atoms with Gasteiger partial charge in [-0.15, -0.1) is 5.10 Å². The summed E-state index contributed by atoms with van der Waals surface area (Å²) in [5.74, 6) is 0.161. The van der Waals surface area contributed by atoms with Gasteiger partial charge in [-0.3, -0.25) is 4.79 Å². The highest BCUT2D eigenvalue weighted by Gasteiger charge is 2.46. The second-order valence-corrected chi connectivity index (χ2v) is 6.95. The molecular weight excluding hydrogens is 309 g/mol. The molecule has 5 nitrogen and oxygen atoms in total. The fraction of sp³-hybridized carbons (Fsp3) is 0.500. The van der Waals surface area contributed by atoms with Crippen LogP contribution in [0.2, 0.25) is 0 Å². The highest BCUT2D eigenvalue weighted by Crippen LogP contribution is 2.42. The number of nitrogens with zero attached hydrogens (tertiary/aromatic N) is 3. The monoisotopic (exact) mass is 327 g/mol. The lowest BCUT2D eigenvalue weighted by Gasteiger charge is -2.15. The van der Waals surface area contributed by atoms with Crippen LogP contribution in [0, 0.1) is 5.92 Å². The average Bonchev–Trinajstić information content (AvgIpc) is 3.37. The molecule has 2 bridgehead atoms. The number of hydrogen-bond donors (Lipinski definition) is 0. The standard InChI is InChI=1S/C18H18FN3O2/c19-13-9-14(10-4-2-1-3-5-10)22-18(13)20-17(21-22)16(23)12-8-11-6-7-15(12)24-11/h1-5,11-15H,6-9H2/t11-,12-,13+,14+,15+/m1/s1. The smallest absolute Gasteiger partial charge is 0.218 e. The fourth-order valence-electron chi connectivity index (χ4n) is 4.32. The van der Waals surface area contributed by atoms with E-state index in [0.717, 1.165) is 24.8 Å². The van der Waals surface area contributed by atoms with Crippen LogP contribution in [0.4, 0.5) is 4.39 Å². The summed E-state index contributed by atoms with van der Waals surface area (Å²) in [5, 5.41) is 4.39. The third-order valence-electron chi connectivity index (χ3n) is 5.51. The van der Waals surface area contributed by atoms with Gasteiger partial charge < -0.3 is 4.74 Å². The first-order chi connectivity index (χ1) is 11.7. The number of alkyl halides is 1. The van der Waals surface area contributed by atoms with Gasteiger partial charge in [-0.2, -0.15) is 0 Å². The SMILES string of the molecule is O=C(c1nc2n(n1)[C@H](c1ccccc1)C[C@@H]2F)[C@@H]1C[C@H]2CC[C@@H]1O2. The largest absolute Gasteiger partial charge is 0.374 e. The van der Waals surface area contributed by atoms with Crippen molar-refractivity contribution in [2.75, 3.05) is 0 Å². The predicted molar refractivity (Wildman–Crippen MR) is 83.4 cm³/mol. The van der Waals surface area contributed by atoms with Gasteiger partial charge in [0.15, 0.2) is 12.0 Å². The molecule has 0 unspecified atom stereocenters. The number of rotatable bonds is 3. The van der Waals surface area contributed by atoms with Gasteiger partial charge in [0.05, 0.1) is 24.2 Å². The summed E-state index contributed by atoms with van der Waals surface area (Å²) < 4.78 is 21.8. The second-order valence-electron chi connectivity index (χ2n) is 6.95. The van der Waals surface area contributed by atoms with Crippen molar-refractivity contribution >= 4 is 5.78 Å². The van der Waals surface area contributed by atoms with Gasteiger partial charge in [0.25, 0.3) is 0 Å². The Kier molecular flexibility index (Phi) is 3.10. The van der Waals surface area contributed by atoms with Crippen molar-refractivity contribution in [1.29, 1.82) is 0 Å². The number of aromatic nitrogens is 3. The zero-order valence-electron chi connectivity index (χ0n) is 13.1. The minimum atomic E-state index is -1.18. The molecule has 3 aliphatic heterocycles. The number of carbonyl (C=O) groups is 1. The van der Waals surface area contributed by atoms with Crippen LogP contribution in [0.1, 0.15) is 59.9 Å². The Morgan fingerprint density at radius 2 is 2.04 bits per heavy atom. The van der Waals surface area contributed by atoms with Gasteiger partial charge in [-0.1, -0.05) is 30.3 Å². The molecule has 0 spiro atoms. The molecule has 0 aliphatic carbocycles. The van der Waals surface area contributed by atoms with Crippen molar-refractivity contribution < 1.29 is 13.9 Å². The Bertz CT molecular complexity index is 791. The second kappa shape index (κ2) is 5.21. The van der Waals surface area contributed by atoms with E-state index < -0.39 is 6.17 Å². The van der Waals surface area contributed by atoms with E-state index in [1.165, 1.54) is 0 Å². The molecule has 124 valence electrons. The number of hydrogen-bond acceptors (Lipinski definition) is 4. The number of carbonyl (C=O) groups excluding carboxylic acids is 1. The summed E-state index contributed by atoms with van der Waals surface area (Å²) in [6, 6.07) is 9.50. The van der Waals surface area contributed by atoms with Gasteiger partial charge in [0.1, 0.15) is 0 Å². The van der Waals surface area contributed by atoms with Gasteiger partial charge in [0, 0.05) is 6.42 Å². The Morgan fingerprint density at radius 1 is 1.21 bits per heavy atom. The molecule has 2 saturated heterocycles. The molecule has 4 heterocycles. The molecule has 5 rings (SSSR count). The van der Waals surface area contributed by atoms with Crippen LogP contribution in [0.25, 0.3) is 0 Å². The van der Waals surface area contributed by atoms with E-state index in [-0.39, 0.29) is 41.6 Å². The lowest BCUT2D eigenvalue weighted by molar-refractivity contribution is 0.0734. The van der Waals surface area contributed by atoms with Crippen molar-refractivity contribution in [3.05, 3.63) is 47.5 Å². The summed E-state index contributed by atoms with van der Waals surface area (Å²) in [6.07, 6.45) is 2.04. The first-order valence-corrected chi connectivity index (χ1v) is 8.56. The molecule has 24 heavy (non-hydrogen) atoms. The molecular formula is C18H18FN3O2. The average molecular weight is 327 g/mol. The molecule has 2 aromatic rings. The first kappa shape index (κ1) is 14.3. The number of Topliss-reactive ketones (excluding diaryl/α,β-unsaturated/α-hetero) is 1. The minimum absolute atomic E-state index is 0.00747. The summed E-state index contributed by atoms with van der Waals surface area (Å²) in [7, 11) is 0. The minimum Gasteiger partial charge on any atom is -0.374 e. The van der Waals surface area contributed by atoms with Crippen LogP contribution < -0.4 is 0 Å². The third-order valence-corrected chi connectivity index (χ3v) is 5.51. The molecule has 5 atom stereocenters. The quantitative estimate of drug-likeness (QED) is 0.813. The maximum atomic E-state index is 14.4. The highest BCUT2D eigenvalue weighted by atomic mass is 19.1. The molecule has 3 aliphatic rings. The van der Waals surface area contributed by atoms with Crippen LogP contribution >= 0.6 is 0 Å². The molecule has 6 heteroatoms. The molecule has 1 aromatic carbocycles. The van der Waals surface area contributed by atoms with Crippen molar-refractivity contribution in [3.63, 3.8) is 0 Å². The number of ketones is 1.